The van der Waals surface area contributed by atoms with E-state index in [4.69, 9.17) is 9.47 Å². The lowest BCUT2D eigenvalue weighted by Gasteiger charge is -2.29. The van der Waals surface area contributed by atoms with Crippen molar-refractivity contribution in [2.24, 2.45) is 4.99 Å². The highest BCUT2D eigenvalue weighted by Crippen LogP contribution is 2.16. The summed E-state index contributed by atoms with van der Waals surface area (Å²) in [5, 5.41) is 0.972. The smallest absolute Gasteiger partial charge is 0.429 e. The van der Waals surface area contributed by atoms with Gasteiger partial charge in [-0.15, -0.1) is 0 Å². The van der Waals surface area contributed by atoms with Crippen LogP contribution in [0.3, 0.4) is 0 Å². The van der Waals surface area contributed by atoms with Gasteiger partial charge in [-0.1, -0.05) is 88.7 Å². The first-order valence-electron chi connectivity index (χ1n) is 11.2. The number of nitrogens with one attached hydrogen (secondary N) is 1. The molecule has 36 heavy (non-hydrogen) atoms. The molecule has 0 heterocycles. The zero-order valence-corrected chi connectivity index (χ0v) is 21.5. The molecule has 0 aliphatic carbocycles. The average Bonchev–Trinajstić information content (AvgIpc) is 2.89. The van der Waals surface area contributed by atoms with Crippen molar-refractivity contribution < 1.29 is 23.9 Å². The molecule has 0 aliphatic heterocycles. The first kappa shape index (κ1) is 26.6. The molecule has 0 radical (unpaired) electrons. The lowest BCUT2D eigenvalue weighted by Crippen LogP contribution is -2.54. The van der Waals surface area contributed by atoms with E-state index < -0.39 is 24.1 Å². The Hall–Kier alpha value is -3.98. The van der Waals surface area contributed by atoms with E-state index in [9.17, 15) is 14.4 Å². The van der Waals surface area contributed by atoms with Crippen molar-refractivity contribution >= 4 is 39.7 Å². The van der Waals surface area contributed by atoms with E-state index in [1.807, 2.05) is 60.7 Å². The van der Waals surface area contributed by atoms with Crippen LogP contribution in [-0.4, -0.2) is 34.9 Å². The molecule has 186 valence electrons. The maximum Gasteiger partial charge on any atom is 0.429 e. The van der Waals surface area contributed by atoms with Crippen LogP contribution < -0.4 is 5.43 Å². The molecule has 3 amide bonds. The summed E-state index contributed by atoms with van der Waals surface area (Å²) < 4.78 is 11.6. The summed E-state index contributed by atoms with van der Waals surface area (Å²) in [7, 11) is 0. The number of hydrogen-bond acceptors (Lipinski definition) is 5. The number of rotatable bonds is 7. The second-order valence-electron chi connectivity index (χ2n) is 7.78. The van der Waals surface area contributed by atoms with Crippen molar-refractivity contribution in [3.63, 3.8) is 0 Å². The summed E-state index contributed by atoms with van der Waals surface area (Å²) in [6, 6.07) is 24.5. The number of hydrogen-bond donors (Lipinski definition) is 1. The normalized spacial score (nSPS) is 11.8. The molecular weight excluding hydrogens is 526 g/mol. The van der Waals surface area contributed by atoms with E-state index in [0.717, 1.165) is 20.6 Å². The summed E-state index contributed by atoms with van der Waals surface area (Å²) in [4.78, 5) is 41.8. The van der Waals surface area contributed by atoms with Gasteiger partial charge < -0.3 is 9.47 Å². The fourth-order valence-corrected chi connectivity index (χ4v) is 3.52. The number of hydrazine groups is 1. The van der Waals surface area contributed by atoms with Gasteiger partial charge in [0, 0.05) is 11.4 Å². The van der Waals surface area contributed by atoms with Gasteiger partial charge in [0.15, 0.2) is 0 Å². The van der Waals surface area contributed by atoms with Crippen LogP contribution in [0, 0.1) is 0 Å². The molecule has 1 N–H and O–H groups in total. The molecular formula is C27H26BrN3O5. The molecule has 0 spiro atoms. The lowest BCUT2D eigenvalue weighted by molar-refractivity contribution is -0.115. The zero-order chi connectivity index (χ0) is 25.9. The Morgan fingerprint density at radius 1 is 0.861 bits per heavy atom. The first-order valence-corrected chi connectivity index (χ1v) is 11.9. The Morgan fingerprint density at radius 3 is 1.92 bits per heavy atom. The zero-order valence-electron chi connectivity index (χ0n) is 19.9. The molecule has 8 nitrogen and oxygen atoms in total. The fraction of sp³-hybridized carbons (Fsp3) is 0.185. The average molecular weight is 552 g/mol. The van der Waals surface area contributed by atoms with Crippen LogP contribution in [0.5, 0.6) is 0 Å². The largest absolute Gasteiger partial charge is 0.443 e. The number of amides is 3. The Balaban J connectivity index is 1.83. The maximum absolute atomic E-state index is 13.1. The van der Waals surface area contributed by atoms with E-state index in [1.165, 1.54) is 6.92 Å². The predicted molar refractivity (Wildman–Crippen MR) is 139 cm³/mol. The minimum atomic E-state index is -0.873. The minimum Gasteiger partial charge on any atom is -0.443 e. The molecule has 9 heteroatoms. The van der Waals surface area contributed by atoms with Gasteiger partial charge >= 0.3 is 12.2 Å². The van der Waals surface area contributed by atoms with E-state index >= 15 is 0 Å². The Kier molecular flexibility index (Phi) is 9.76. The maximum atomic E-state index is 13.1. The van der Waals surface area contributed by atoms with E-state index in [2.05, 4.69) is 26.3 Å². The van der Waals surface area contributed by atoms with Crippen LogP contribution in [0.4, 0.5) is 9.59 Å². The molecule has 0 saturated carbocycles. The summed E-state index contributed by atoms with van der Waals surface area (Å²) in [5.41, 5.74) is 4.88. The number of halogens is 1. The van der Waals surface area contributed by atoms with Gasteiger partial charge in [-0.05, 0) is 35.7 Å². The number of carbonyl (C=O) groups is 3. The van der Waals surface area contributed by atoms with Gasteiger partial charge in [0.05, 0.1) is 11.8 Å². The van der Waals surface area contributed by atoms with Crippen molar-refractivity contribution in [2.45, 2.75) is 33.1 Å². The molecule has 1 unspecified atom stereocenters. The SMILES string of the molecule is CC(=O)N=C(c1ccc(Br)cc1)C(C)N(NC(=O)OCc1ccccc1)C(=O)OCc1ccccc1. The fourth-order valence-electron chi connectivity index (χ4n) is 3.25. The summed E-state index contributed by atoms with van der Waals surface area (Å²) in [6.07, 6.45) is -1.70. The van der Waals surface area contributed by atoms with Crippen molar-refractivity contribution in [1.29, 1.82) is 0 Å². The van der Waals surface area contributed by atoms with Crippen molar-refractivity contribution in [2.75, 3.05) is 0 Å². The van der Waals surface area contributed by atoms with Crippen LogP contribution in [0.2, 0.25) is 0 Å². The topological polar surface area (TPSA) is 97.3 Å². The summed E-state index contributed by atoms with van der Waals surface area (Å²) in [5.74, 6) is -0.455. The summed E-state index contributed by atoms with van der Waals surface area (Å²) in [6.45, 7) is 2.94. The van der Waals surface area contributed by atoms with Gasteiger partial charge in [0.2, 0.25) is 5.91 Å². The second kappa shape index (κ2) is 13.2. The molecule has 0 fully saturated rings. The highest BCUT2D eigenvalue weighted by atomic mass is 79.9. The third kappa shape index (κ3) is 8.06. The van der Waals surface area contributed by atoms with Gasteiger partial charge in [-0.3, -0.25) is 4.79 Å². The van der Waals surface area contributed by atoms with Gasteiger partial charge in [-0.25, -0.2) is 25.0 Å². The molecule has 0 aromatic heterocycles. The molecule has 0 aliphatic rings. The third-order valence-electron chi connectivity index (χ3n) is 5.03. The van der Waals surface area contributed by atoms with Crippen molar-refractivity contribution in [1.82, 2.24) is 10.4 Å². The minimum absolute atomic E-state index is 0.00899. The van der Waals surface area contributed by atoms with Gasteiger partial charge in [-0.2, -0.15) is 0 Å². The Labute approximate surface area is 218 Å². The van der Waals surface area contributed by atoms with Crippen LogP contribution in [0.25, 0.3) is 0 Å². The Morgan fingerprint density at radius 2 is 1.39 bits per heavy atom. The van der Waals surface area contributed by atoms with Gasteiger partial charge in [0.1, 0.15) is 13.2 Å². The molecule has 0 saturated heterocycles. The first-order chi connectivity index (χ1) is 17.3. The van der Waals surface area contributed by atoms with Crippen molar-refractivity contribution in [3.8, 4) is 0 Å². The molecule has 3 rings (SSSR count). The van der Waals surface area contributed by atoms with E-state index in [-0.39, 0.29) is 18.9 Å². The van der Waals surface area contributed by atoms with Crippen LogP contribution >= 0.6 is 15.9 Å². The highest BCUT2D eigenvalue weighted by molar-refractivity contribution is 9.10. The summed E-state index contributed by atoms with van der Waals surface area (Å²) >= 11 is 3.38. The van der Waals surface area contributed by atoms with Crippen molar-refractivity contribution in [3.05, 3.63) is 106 Å². The second-order valence-corrected chi connectivity index (χ2v) is 8.70. The van der Waals surface area contributed by atoms with Gasteiger partial charge in [0.25, 0.3) is 0 Å². The highest BCUT2D eigenvalue weighted by Gasteiger charge is 2.29. The Bertz CT molecular complexity index is 1200. The van der Waals surface area contributed by atoms with Crippen LogP contribution in [0.1, 0.15) is 30.5 Å². The lowest BCUT2D eigenvalue weighted by atomic mass is 10.0. The molecule has 1 atom stereocenters. The van der Waals surface area contributed by atoms with E-state index in [1.54, 1.807) is 31.2 Å². The van der Waals surface area contributed by atoms with Crippen LogP contribution in [0.15, 0.2) is 94.4 Å². The number of ether oxygens (including phenoxy) is 2. The monoisotopic (exact) mass is 551 g/mol. The quantitative estimate of drug-likeness (QED) is 0.302. The molecule has 3 aromatic carbocycles. The number of nitrogens with zero attached hydrogens (tertiary/aromatic N) is 2. The molecule has 3 aromatic rings. The predicted octanol–water partition coefficient (Wildman–Crippen LogP) is 5.65. The van der Waals surface area contributed by atoms with Crippen LogP contribution in [-0.2, 0) is 27.5 Å². The third-order valence-corrected chi connectivity index (χ3v) is 5.56. The number of aliphatic imine (C=N–C) groups is 1. The standard InChI is InChI=1S/C27H26BrN3O5/c1-19(25(29-20(2)32)23-13-15-24(28)16-14-23)31(27(34)36-18-22-11-7-4-8-12-22)30-26(33)35-17-21-9-5-3-6-10-21/h3-16,19H,17-18H2,1-2H3,(H,30,33). The van der Waals surface area contributed by atoms with E-state index in [0.29, 0.717) is 5.56 Å². The molecule has 0 bridgehead atoms. The number of benzene rings is 3. The number of carbonyl (C=O) groups excluding carboxylic acids is 3.